The molecule has 11 nitrogen and oxygen atoms in total. The van der Waals surface area contributed by atoms with E-state index in [1.54, 1.807) is 38.1 Å². The zero-order valence-corrected chi connectivity index (χ0v) is 33.8. The predicted molar refractivity (Wildman–Crippen MR) is 222 cm³/mol. The summed E-state index contributed by atoms with van der Waals surface area (Å²) < 4.78 is 0. The Kier molecular flexibility index (Phi) is 9.06. The van der Waals surface area contributed by atoms with Crippen molar-refractivity contribution in [1.29, 1.82) is 0 Å². The highest BCUT2D eigenvalue weighted by Crippen LogP contribution is 2.53. The van der Waals surface area contributed by atoms with Gasteiger partial charge in [-0.25, -0.2) is 9.97 Å². The highest BCUT2D eigenvalue weighted by atomic mass is 16.2. The molecule has 7 aliphatic rings. The van der Waals surface area contributed by atoms with Crippen LogP contribution in [0.2, 0.25) is 0 Å². The van der Waals surface area contributed by atoms with Gasteiger partial charge < -0.3 is 9.97 Å². The Hall–Kier alpha value is -6.23. The van der Waals surface area contributed by atoms with Crippen molar-refractivity contribution in [1.82, 2.24) is 19.9 Å². The van der Waals surface area contributed by atoms with Crippen LogP contribution in [0.25, 0.3) is 44.4 Å². The Bertz CT molecular complexity index is 2810. The molecule has 5 aliphatic carbocycles. The monoisotopic (exact) mass is 788 g/mol. The van der Waals surface area contributed by atoms with E-state index in [0.29, 0.717) is 97.5 Å². The third-order valence-corrected chi connectivity index (χ3v) is 12.9. The van der Waals surface area contributed by atoms with Crippen molar-refractivity contribution in [2.24, 2.45) is 35.5 Å². The van der Waals surface area contributed by atoms with E-state index in [1.165, 1.54) is 6.92 Å². The molecule has 0 saturated heterocycles. The molecular formula is C48H44N4O7. The number of allylic oxidation sites excluding steroid dienone is 8. The number of Topliss-reactive ketones (excluding diaryl/α,β-unsaturated/α-hetero) is 7. The molecular weight excluding hydrogens is 745 g/mol. The third kappa shape index (κ3) is 5.95. The van der Waals surface area contributed by atoms with Gasteiger partial charge in [-0.1, -0.05) is 58.9 Å². The number of aromatic amines is 2. The van der Waals surface area contributed by atoms with Crippen molar-refractivity contribution < 1.29 is 33.6 Å². The number of hydrogen-bond acceptors (Lipinski definition) is 9. The first-order valence-electron chi connectivity index (χ1n) is 20.5. The summed E-state index contributed by atoms with van der Waals surface area (Å²) in [5.74, 6) is -7.74. The van der Waals surface area contributed by atoms with E-state index in [4.69, 9.17) is 9.97 Å². The Morgan fingerprint density at radius 2 is 1.27 bits per heavy atom. The van der Waals surface area contributed by atoms with Crippen LogP contribution < -0.4 is 0 Å². The van der Waals surface area contributed by atoms with E-state index < -0.39 is 76.1 Å². The Morgan fingerprint density at radius 1 is 0.678 bits per heavy atom. The maximum Gasteiger partial charge on any atom is 0.210 e. The van der Waals surface area contributed by atoms with Gasteiger partial charge in [0.05, 0.1) is 58.3 Å². The van der Waals surface area contributed by atoms with Crippen molar-refractivity contribution in [2.45, 2.75) is 72.6 Å². The molecule has 10 rings (SSSR count). The molecule has 0 radical (unpaired) electrons. The summed E-state index contributed by atoms with van der Waals surface area (Å²) >= 11 is 0. The summed E-state index contributed by atoms with van der Waals surface area (Å²) in [7, 11) is 0. The van der Waals surface area contributed by atoms with Gasteiger partial charge in [-0.05, 0) is 102 Å². The van der Waals surface area contributed by atoms with Crippen LogP contribution in [0.3, 0.4) is 0 Å². The van der Waals surface area contributed by atoms with E-state index in [0.717, 1.165) is 0 Å². The summed E-state index contributed by atoms with van der Waals surface area (Å²) in [5.41, 5.74) is 8.00. The first-order valence-corrected chi connectivity index (χ1v) is 20.5. The average molecular weight is 789 g/mol. The van der Waals surface area contributed by atoms with Crippen LogP contribution in [0.1, 0.15) is 107 Å². The molecule has 7 unspecified atom stereocenters. The lowest BCUT2D eigenvalue weighted by Gasteiger charge is -2.34. The number of carbonyl (C=O) groups excluding carboxylic acids is 7. The molecule has 2 N–H and O–H groups in total. The van der Waals surface area contributed by atoms with E-state index in [2.05, 4.69) is 9.97 Å². The van der Waals surface area contributed by atoms with Crippen LogP contribution >= 0.6 is 0 Å². The quantitative estimate of drug-likeness (QED) is 0.190. The van der Waals surface area contributed by atoms with Gasteiger partial charge in [0.2, 0.25) is 34.7 Å². The van der Waals surface area contributed by atoms with E-state index in [-0.39, 0.29) is 11.7 Å². The Morgan fingerprint density at radius 3 is 1.90 bits per heavy atom. The number of H-pyrrole nitrogens is 2. The van der Waals surface area contributed by atoms with Crippen molar-refractivity contribution in [3.8, 4) is 0 Å². The second kappa shape index (κ2) is 14.0. The van der Waals surface area contributed by atoms with Gasteiger partial charge >= 0.3 is 0 Å². The molecule has 2 aliphatic heterocycles. The van der Waals surface area contributed by atoms with Crippen LogP contribution in [0.4, 0.5) is 0 Å². The topological polar surface area (TPSA) is 177 Å². The number of carbonyl (C=O) groups is 7. The number of ketones is 7. The lowest BCUT2D eigenvalue weighted by molar-refractivity contribution is -0.141. The van der Waals surface area contributed by atoms with E-state index in [1.807, 2.05) is 57.2 Å². The van der Waals surface area contributed by atoms with Gasteiger partial charge in [-0.2, -0.15) is 0 Å². The number of fused-ring (bicyclic) bond motifs is 12. The molecule has 3 aromatic heterocycles. The standard InChI is InChI=1S/C48H44N4O7/c1-7-26-40-35-16-24-14-31(27(23(6)53)10-8-20(2)3)33(49-24)18-34-32(28-11-9-21(4)43(54)46(28)57)15-25(50-34)17-36-41-29-12-13-30(48(59)47(29)58)42(41)38(52-36)19-37(51-35)39(40)22(5)44(55)45(26)56/h8-11,14-22,26-30,49-50H,7,12-13H2,1-6H3/b10-8-,24-16?,25-17?,33-18?,34-18?,35-16?,36-17?,37-19?,38-19?. The number of hydrogen-bond donors (Lipinski definition) is 2. The maximum absolute atomic E-state index is 13.7. The van der Waals surface area contributed by atoms with Gasteiger partial charge in [0.25, 0.3) is 0 Å². The lowest BCUT2D eigenvalue weighted by Crippen LogP contribution is -2.41. The SMILES string of the molecule is CCC1C(=O)C(=O)C(C)C2=C1c1cc3cc(C(/C=C\C(C)C)C(C)=O)c(cc4[nH]c(cc5nc(cc2n1)C1=C5C2CCC1C(=O)C2=O)cc4C1C=CC(C)C(=O)C1=O)[nH]3. The van der Waals surface area contributed by atoms with Crippen LogP contribution in [0.5, 0.6) is 0 Å². The molecule has 1 fully saturated rings. The first kappa shape index (κ1) is 38.3. The van der Waals surface area contributed by atoms with Crippen LogP contribution in [-0.4, -0.2) is 60.4 Å². The molecule has 0 aromatic carbocycles. The summed E-state index contributed by atoms with van der Waals surface area (Å²) in [5, 5.41) is 0. The Balaban J connectivity index is 1.42. The fraction of sp³-hybridized carbons (Fsp3) is 0.354. The first-order chi connectivity index (χ1) is 28.2. The van der Waals surface area contributed by atoms with Gasteiger partial charge in [-0.3, -0.25) is 33.6 Å². The second-order valence-electron chi connectivity index (χ2n) is 17.1. The molecule has 3 aromatic rings. The minimum Gasteiger partial charge on any atom is -0.355 e. The van der Waals surface area contributed by atoms with Gasteiger partial charge in [0, 0.05) is 28.0 Å². The zero-order chi connectivity index (χ0) is 41.8. The zero-order valence-electron chi connectivity index (χ0n) is 33.8. The number of rotatable bonds is 6. The van der Waals surface area contributed by atoms with Crippen LogP contribution in [0, 0.1) is 35.5 Å². The highest BCUT2D eigenvalue weighted by Gasteiger charge is 2.50. The number of aromatic nitrogens is 4. The molecule has 5 heterocycles. The van der Waals surface area contributed by atoms with Crippen molar-refractivity contribution >= 4 is 84.8 Å². The van der Waals surface area contributed by atoms with Gasteiger partial charge in [0.1, 0.15) is 5.78 Å². The molecule has 7 atom stereocenters. The smallest absolute Gasteiger partial charge is 0.210 e. The van der Waals surface area contributed by atoms with Crippen molar-refractivity contribution in [3.05, 3.63) is 94.6 Å². The largest absolute Gasteiger partial charge is 0.355 e. The highest BCUT2D eigenvalue weighted by molar-refractivity contribution is 6.47. The lowest BCUT2D eigenvalue weighted by atomic mass is 9.65. The van der Waals surface area contributed by atoms with Gasteiger partial charge in [0.15, 0.2) is 0 Å². The molecule has 10 bridgehead atoms. The number of nitrogens with zero attached hydrogens (tertiary/aromatic N) is 2. The fourth-order valence-electron chi connectivity index (χ4n) is 9.93. The molecule has 11 heteroatoms. The van der Waals surface area contributed by atoms with E-state index >= 15 is 0 Å². The van der Waals surface area contributed by atoms with Gasteiger partial charge in [-0.15, -0.1) is 0 Å². The predicted octanol–water partition coefficient (Wildman–Crippen LogP) is 7.44. The molecule has 0 spiro atoms. The molecule has 1 saturated carbocycles. The minimum atomic E-state index is -0.883. The summed E-state index contributed by atoms with van der Waals surface area (Å²) in [6.07, 6.45) is 8.72. The number of nitrogens with one attached hydrogen (secondary N) is 2. The summed E-state index contributed by atoms with van der Waals surface area (Å²) in [4.78, 5) is 111. The van der Waals surface area contributed by atoms with Crippen molar-refractivity contribution in [2.75, 3.05) is 0 Å². The average Bonchev–Trinajstić information content (AvgIpc) is 3.96. The van der Waals surface area contributed by atoms with Crippen LogP contribution in [-0.2, 0) is 33.6 Å². The summed E-state index contributed by atoms with van der Waals surface area (Å²) in [6.45, 7) is 10.9. The summed E-state index contributed by atoms with van der Waals surface area (Å²) in [6, 6.07) is 11.0. The Labute approximate surface area is 340 Å². The molecule has 298 valence electrons. The second-order valence-corrected chi connectivity index (χ2v) is 17.1. The fourth-order valence-corrected chi connectivity index (χ4v) is 9.93. The molecule has 59 heavy (non-hydrogen) atoms. The third-order valence-electron chi connectivity index (χ3n) is 12.9. The minimum absolute atomic E-state index is 0.0895. The van der Waals surface area contributed by atoms with Crippen LogP contribution in [0.15, 0.2) is 60.7 Å². The maximum atomic E-state index is 13.7. The molecule has 0 amide bonds. The van der Waals surface area contributed by atoms with E-state index in [9.17, 15) is 33.6 Å². The van der Waals surface area contributed by atoms with Crippen molar-refractivity contribution in [3.63, 3.8) is 0 Å². The normalized spacial score (nSPS) is 25.8.